The first-order valence-electron chi connectivity index (χ1n) is 4.70. The van der Waals surface area contributed by atoms with Gasteiger partial charge in [-0.05, 0) is 41.4 Å². The van der Waals surface area contributed by atoms with E-state index in [0.29, 0.717) is 17.0 Å². The Morgan fingerprint density at radius 3 is 2.88 bits per heavy atom. The van der Waals surface area contributed by atoms with Gasteiger partial charge in [0.2, 0.25) is 0 Å². The molecule has 2 heterocycles. The van der Waals surface area contributed by atoms with Crippen molar-refractivity contribution in [3.05, 3.63) is 33.7 Å². The number of rotatable bonds is 1. The molecule has 0 aliphatic rings. The molecular formula is C10H11BrN4O. The largest absolute Gasteiger partial charge is 0.294 e. The van der Waals surface area contributed by atoms with Crippen LogP contribution in [0.3, 0.4) is 0 Å². The quantitative estimate of drug-likeness (QED) is 0.471. The third-order valence-electron chi connectivity index (χ3n) is 2.33. The molecule has 3 N–H and O–H groups in total. The highest BCUT2D eigenvalue weighted by molar-refractivity contribution is 9.10. The summed E-state index contributed by atoms with van der Waals surface area (Å²) in [6.45, 7) is 3.73. The average Bonchev–Trinajstić information content (AvgIpc) is 2.54. The fourth-order valence-electron chi connectivity index (χ4n) is 1.69. The molecule has 6 heteroatoms. The summed E-state index contributed by atoms with van der Waals surface area (Å²) in [6.07, 6.45) is 1.85. The second kappa shape index (κ2) is 3.88. The highest BCUT2D eigenvalue weighted by Crippen LogP contribution is 2.22. The lowest BCUT2D eigenvalue weighted by Crippen LogP contribution is -2.31. The Bertz CT molecular complexity index is 576. The first-order valence-corrected chi connectivity index (χ1v) is 5.49. The molecule has 2 aromatic heterocycles. The van der Waals surface area contributed by atoms with Crippen molar-refractivity contribution in [2.24, 2.45) is 5.84 Å². The fraction of sp³-hybridized carbons (Fsp3) is 0.200. The lowest BCUT2D eigenvalue weighted by atomic mass is 10.3. The minimum Gasteiger partial charge on any atom is -0.294 e. The summed E-state index contributed by atoms with van der Waals surface area (Å²) in [4.78, 5) is 15.9. The zero-order valence-electron chi connectivity index (χ0n) is 8.91. The van der Waals surface area contributed by atoms with E-state index < -0.39 is 0 Å². The standard InChI is InChI=1S/C10H11BrN4O/c1-5-3-7(11)9-13-6(2)8(10(16)14-12)15(9)4-5/h3-4H,12H2,1-2H3,(H,14,16). The number of amides is 1. The van der Waals surface area contributed by atoms with Crippen LogP contribution in [0.5, 0.6) is 0 Å². The predicted octanol–water partition coefficient (Wildman–Crippen LogP) is 1.32. The maximum absolute atomic E-state index is 11.6. The Balaban J connectivity index is 2.83. The summed E-state index contributed by atoms with van der Waals surface area (Å²) in [6, 6.07) is 1.95. The minimum atomic E-state index is -0.345. The molecule has 2 rings (SSSR count). The van der Waals surface area contributed by atoms with Crippen LogP contribution >= 0.6 is 15.9 Å². The molecule has 84 valence electrons. The molecule has 0 spiro atoms. The van der Waals surface area contributed by atoms with Gasteiger partial charge in [0.15, 0.2) is 5.65 Å². The van der Waals surface area contributed by atoms with E-state index in [1.807, 2.05) is 19.2 Å². The van der Waals surface area contributed by atoms with Crippen LogP contribution in [0, 0.1) is 13.8 Å². The number of nitrogens with one attached hydrogen (secondary N) is 1. The van der Waals surface area contributed by atoms with Crippen LogP contribution < -0.4 is 11.3 Å². The predicted molar refractivity (Wildman–Crippen MR) is 64.0 cm³/mol. The maximum atomic E-state index is 11.6. The first-order chi connectivity index (χ1) is 7.54. The van der Waals surface area contributed by atoms with Crippen molar-refractivity contribution in [1.82, 2.24) is 14.8 Å². The van der Waals surface area contributed by atoms with Crippen LogP contribution in [-0.2, 0) is 0 Å². The van der Waals surface area contributed by atoms with Gasteiger partial charge in [0.05, 0.1) is 10.2 Å². The van der Waals surface area contributed by atoms with E-state index in [4.69, 9.17) is 5.84 Å². The van der Waals surface area contributed by atoms with Gasteiger partial charge in [0.25, 0.3) is 5.91 Å². The summed E-state index contributed by atoms with van der Waals surface area (Å²) in [5.74, 6) is 4.80. The number of pyridine rings is 1. The molecule has 0 radical (unpaired) electrons. The molecule has 0 aliphatic heterocycles. The van der Waals surface area contributed by atoms with E-state index >= 15 is 0 Å². The zero-order chi connectivity index (χ0) is 11.9. The number of nitrogen functional groups attached to an aromatic ring is 1. The van der Waals surface area contributed by atoms with Gasteiger partial charge in [-0.25, -0.2) is 10.8 Å². The molecule has 1 amide bonds. The molecule has 0 saturated carbocycles. The Morgan fingerprint density at radius 1 is 1.56 bits per heavy atom. The molecule has 0 aliphatic carbocycles. The summed E-state index contributed by atoms with van der Waals surface area (Å²) in [5, 5.41) is 0. The summed E-state index contributed by atoms with van der Waals surface area (Å²) < 4.78 is 2.59. The Hall–Kier alpha value is -1.40. The van der Waals surface area contributed by atoms with Gasteiger partial charge in [-0.3, -0.25) is 14.6 Å². The fourth-order valence-corrected chi connectivity index (χ4v) is 2.33. The van der Waals surface area contributed by atoms with Gasteiger partial charge in [-0.15, -0.1) is 0 Å². The number of carbonyl (C=O) groups is 1. The van der Waals surface area contributed by atoms with Crippen LogP contribution in [0.15, 0.2) is 16.7 Å². The van der Waals surface area contributed by atoms with Gasteiger partial charge >= 0.3 is 0 Å². The highest BCUT2D eigenvalue weighted by atomic mass is 79.9. The molecule has 2 aromatic rings. The summed E-state index contributed by atoms with van der Waals surface area (Å²) in [5.41, 5.74) is 4.97. The second-order valence-electron chi connectivity index (χ2n) is 3.58. The number of hydrogen-bond donors (Lipinski definition) is 2. The van der Waals surface area contributed by atoms with E-state index in [-0.39, 0.29) is 5.91 Å². The number of nitrogens with two attached hydrogens (primary N) is 1. The summed E-state index contributed by atoms with van der Waals surface area (Å²) in [7, 11) is 0. The molecule has 0 aromatic carbocycles. The number of nitrogens with zero attached hydrogens (tertiary/aromatic N) is 2. The topological polar surface area (TPSA) is 72.4 Å². The number of hydrazine groups is 1. The van der Waals surface area contributed by atoms with E-state index in [1.54, 1.807) is 11.3 Å². The van der Waals surface area contributed by atoms with Crippen molar-refractivity contribution in [1.29, 1.82) is 0 Å². The maximum Gasteiger partial charge on any atom is 0.284 e. The molecular weight excluding hydrogens is 272 g/mol. The molecule has 0 fully saturated rings. The lowest BCUT2D eigenvalue weighted by molar-refractivity contribution is 0.0947. The lowest BCUT2D eigenvalue weighted by Gasteiger charge is -2.03. The summed E-state index contributed by atoms with van der Waals surface area (Å²) >= 11 is 3.42. The van der Waals surface area contributed by atoms with Crippen molar-refractivity contribution >= 4 is 27.5 Å². The zero-order valence-corrected chi connectivity index (χ0v) is 10.5. The minimum absolute atomic E-state index is 0.345. The van der Waals surface area contributed by atoms with Gasteiger partial charge in [0.1, 0.15) is 5.69 Å². The number of halogens is 1. The Labute approximate surface area is 101 Å². The molecule has 0 saturated heterocycles. The number of aromatic nitrogens is 2. The number of carbonyl (C=O) groups excluding carboxylic acids is 1. The number of imidazole rings is 1. The van der Waals surface area contributed by atoms with Crippen LogP contribution in [0.2, 0.25) is 0 Å². The highest BCUT2D eigenvalue weighted by Gasteiger charge is 2.17. The number of hydrogen-bond acceptors (Lipinski definition) is 3. The van der Waals surface area contributed by atoms with Crippen LogP contribution in [0.4, 0.5) is 0 Å². The molecule has 0 bridgehead atoms. The normalized spacial score (nSPS) is 10.8. The van der Waals surface area contributed by atoms with E-state index in [1.165, 1.54) is 0 Å². The smallest absolute Gasteiger partial charge is 0.284 e. The SMILES string of the molecule is Cc1cc(Br)c2nc(C)c(C(=O)NN)n2c1. The Morgan fingerprint density at radius 2 is 2.25 bits per heavy atom. The van der Waals surface area contributed by atoms with Crippen molar-refractivity contribution in [3.63, 3.8) is 0 Å². The number of fused-ring (bicyclic) bond motifs is 1. The molecule has 5 nitrogen and oxygen atoms in total. The van der Waals surface area contributed by atoms with E-state index in [2.05, 4.69) is 26.3 Å². The van der Waals surface area contributed by atoms with Gasteiger partial charge < -0.3 is 0 Å². The number of aryl methyl sites for hydroxylation is 2. The van der Waals surface area contributed by atoms with Crippen molar-refractivity contribution in [3.8, 4) is 0 Å². The van der Waals surface area contributed by atoms with Gasteiger partial charge in [-0.1, -0.05) is 0 Å². The van der Waals surface area contributed by atoms with Gasteiger partial charge in [-0.2, -0.15) is 0 Å². The second-order valence-corrected chi connectivity index (χ2v) is 4.43. The third-order valence-corrected chi connectivity index (χ3v) is 2.92. The first kappa shape index (κ1) is 11.1. The van der Waals surface area contributed by atoms with E-state index in [9.17, 15) is 4.79 Å². The average molecular weight is 283 g/mol. The van der Waals surface area contributed by atoms with Crippen molar-refractivity contribution < 1.29 is 4.79 Å². The molecule has 16 heavy (non-hydrogen) atoms. The van der Waals surface area contributed by atoms with Crippen molar-refractivity contribution in [2.45, 2.75) is 13.8 Å². The van der Waals surface area contributed by atoms with Crippen molar-refractivity contribution in [2.75, 3.05) is 0 Å². The molecule has 0 atom stereocenters. The van der Waals surface area contributed by atoms with Crippen LogP contribution in [0.1, 0.15) is 21.7 Å². The van der Waals surface area contributed by atoms with Crippen LogP contribution in [0.25, 0.3) is 5.65 Å². The van der Waals surface area contributed by atoms with E-state index in [0.717, 1.165) is 10.0 Å². The third kappa shape index (κ3) is 1.60. The van der Waals surface area contributed by atoms with Gasteiger partial charge in [0, 0.05) is 6.20 Å². The van der Waals surface area contributed by atoms with Crippen LogP contribution in [-0.4, -0.2) is 15.3 Å². The Kier molecular flexibility index (Phi) is 2.69. The monoisotopic (exact) mass is 282 g/mol. The molecule has 0 unspecified atom stereocenters.